The predicted octanol–water partition coefficient (Wildman–Crippen LogP) is 12.2. The average molecular weight is 912 g/mol. The second-order valence-corrected chi connectivity index (χ2v) is 17.9. The Balaban J connectivity index is 0.000000267. The zero-order valence-electron chi connectivity index (χ0n) is 44.5. The van der Waals surface area contributed by atoms with Crippen molar-refractivity contribution in [3.63, 3.8) is 0 Å². The zero-order valence-corrected chi connectivity index (χ0v) is 44.5. The number of allylic oxidation sites excluding steroid dienone is 1. The van der Waals surface area contributed by atoms with E-state index in [2.05, 4.69) is 96.8 Å². The Morgan fingerprint density at radius 1 is 0.552 bits per heavy atom. The van der Waals surface area contributed by atoms with Gasteiger partial charge in [-0.2, -0.15) is 10.2 Å². The molecule has 9 nitrogen and oxygen atoms in total. The van der Waals surface area contributed by atoms with Crippen molar-refractivity contribution in [2.45, 2.75) is 168 Å². The lowest BCUT2D eigenvalue weighted by molar-refractivity contribution is -0.123. The molecule has 0 aliphatic heterocycles. The van der Waals surface area contributed by atoms with Crippen LogP contribution in [0.1, 0.15) is 181 Å². The van der Waals surface area contributed by atoms with Crippen molar-refractivity contribution in [2.24, 2.45) is 14.1 Å². The number of nitrogens with zero attached hydrogens (tertiary/aromatic N) is 5. The molecular formula is C58H81N5O4. The molecule has 0 fully saturated rings. The largest absolute Gasteiger partial charge is 0.315 e. The van der Waals surface area contributed by atoms with Crippen LogP contribution in [-0.4, -0.2) is 49.0 Å². The maximum atomic E-state index is 13.3. The maximum Gasteiger partial charge on any atom is 0.298 e. The van der Waals surface area contributed by atoms with Gasteiger partial charge in [0.1, 0.15) is 5.69 Å². The fourth-order valence-corrected chi connectivity index (χ4v) is 9.54. The molecule has 0 atom stereocenters. The SMILES string of the molecule is CCCC(C)=CN(C)C(=O)C(=O)c1c(CC)cc(C)cc1CC.CCc1cc(C)cc(CC)c1-c1c(CC)c(C)nn(C)c1=O.CCc1cc(C)cc(CC)c1C(=O)c1c(CC)c(C)nn1C. The maximum absolute atomic E-state index is 13.3. The second-order valence-electron chi connectivity index (χ2n) is 17.9. The first-order valence-corrected chi connectivity index (χ1v) is 24.7. The minimum atomic E-state index is -0.464. The van der Waals surface area contributed by atoms with Crippen molar-refractivity contribution in [3.8, 4) is 11.1 Å². The van der Waals surface area contributed by atoms with Crippen LogP contribution in [0.25, 0.3) is 11.1 Å². The molecule has 0 bridgehead atoms. The highest BCUT2D eigenvalue weighted by molar-refractivity contribution is 6.43. The first-order valence-electron chi connectivity index (χ1n) is 24.7. The molecule has 67 heavy (non-hydrogen) atoms. The third-order valence-corrected chi connectivity index (χ3v) is 12.7. The third kappa shape index (κ3) is 13.1. The summed E-state index contributed by atoms with van der Waals surface area (Å²) in [5, 5.41) is 8.82. The lowest BCUT2D eigenvalue weighted by atomic mass is 9.87. The minimum absolute atomic E-state index is 0.00991. The monoisotopic (exact) mass is 912 g/mol. The molecule has 3 aromatic carbocycles. The predicted molar refractivity (Wildman–Crippen MR) is 279 cm³/mol. The fourth-order valence-electron chi connectivity index (χ4n) is 9.54. The molecule has 0 unspecified atom stereocenters. The summed E-state index contributed by atoms with van der Waals surface area (Å²) in [4.78, 5) is 52.8. The highest BCUT2D eigenvalue weighted by Crippen LogP contribution is 2.32. The Kier molecular flexibility index (Phi) is 21.1. The van der Waals surface area contributed by atoms with E-state index >= 15 is 0 Å². The number of carbonyl (C=O) groups excluding carboxylic acids is 3. The van der Waals surface area contributed by atoms with Crippen LogP contribution in [0, 0.1) is 34.6 Å². The Labute approximate surface area is 403 Å². The molecule has 5 rings (SSSR count). The second kappa shape index (κ2) is 25.4. The Bertz CT molecular complexity index is 2580. The molecule has 1 amide bonds. The number of Topliss-reactive ketones (excluding diaryl/α,β-unsaturated/α-hetero) is 1. The number of aryl methyl sites for hydroxylation is 13. The number of amides is 1. The van der Waals surface area contributed by atoms with Gasteiger partial charge in [0, 0.05) is 44.0 Å². The standard InChI is InChI=1S/C20H29NO2.2C19H26N2O/c1-7-10-14(4)13-21(6)20(23)19(22)18-16(8-2)11-15(5)12-17(18)9-3;1-7-14-10-12(4)11-15(8-2)17(14)19(22)18-16(9-3)13(5)20-21(18)6;1-7-14-10-12(4)11-15(8-2)17(14)18-16(9-3)13(5)20-21(6)19(18)22/h11-13H,7-10H2,1-6H3;2*10-11H,7-9H2,1-6H3. The van der Waals surface area contributed by atoms with Crippen LogP contribution >= 0.6 is 0 Å². The number of hydrogen-bond acceptors (Lipinski definition) is 6. The molecule has 0 aliphatic rings. The van der Waals surface area contributed by atoms with E-state index in [-0.39, 0.29) is 11.3 Å². The summed E-state index contributed by atoms with van der Waals surface area (Å²) in [6.45, 7) is 31.0. The Hall–Kier alpha value is -5.70. The molecule has 0 saturated heterocycles. The molecule has 0 saturated carbocycles. The van der Waals surface area contributed by atoms with Gasteiger partial charge in [0.25, 0.3) is 17.2 Å². The van der Waals surface area contributed by atoms with Gasteiger partial charge in [0.15, 0.2) is 0 Å². The van der Waals surface area contributed by atoms with Crippen molar-refractivity contribution >= 4 is 17.5 Å². The third-order valence-electron chi connectivity index (χ3n) is 12.7. The van der Waals surface area contributed by atoms with Gasteiger partial charge in [-0.25, -0.2) is 4.68 Å². The van der Waals surface area contributed by atoms with Crippen LogP contribution in [0.5, 0.6) is 0 Å². The summed E-state index contributed by atoms with van der Waals surface area (Å²) in [6, 6.07) is 12.7. The molecule has 0 radical (unpaired) electrons. The smallest absolute Gasteiger partial charge is 0.298 e. The summed E-state index contributed by atoms with van der Waals surface area (Å²) in [5.74, 6) is -0.746. The van der Waals surface area contributed by atoms with E-state index in [0.717, 1.165) is 142 Å². The summed E-state index contributed by atoms with van der Waals surface area (Å²) >= 11 is 0. The number of hydrogen-bond donors (Lipinski definition) is 0. The van der Waals surface area contributed by atoms with Gasteiger partial charge in [-0.1, -0.05) is 127 Å². The molecular weight excluding hydrogens is 831 g/mol. The van der Waals surface area contributed by atoms with Crippen molar-refractivity contribution in [1.82, 2.24) is 24.5 Å². The fraction of sp³-hybridized carbons (Fsp3) is 0.483. The van der Waals surface area contributed by atoms with Crippen LogP contribution in [0.3, 0.4) is 0 Å². The summed E-state index contributed by atoms with van der Waals surface area (Å²) in [6.07, 6.45) is 10.5. The van der Waals surface area contributed by atoms with E-state index in [4.69, 9.17) is 0 Å². The van der Waals surface area contributed by atoms with E-state index in [1.807, 2.05) is 60.7 Å². The molecule has 0 spiro atoms. The number of likely N-dealkylation sites (N-methyl/N-ethyl adjacent to an activating group) is 1. The van der Waals surface area contributed by atoms with Gasteiger partial charge in [0.05, 0.1) is 17.0 Å². The van der Waals surface area contributed by atoms with E-state index in [9.17, 15) is 19.2 Å². The van der Waals surface area contributed by atoms with Crippen LogP contribution in [-0.2, 0) is 70.3 Å². The Morgan fingerprint density at radius 3 is 1.34 bits per heavy atom. The van der Waals surface area contributed by atoms with Gasteiger partial charge < -0.3 is 4.90 Å². The topological polar surface area (TPSA) is 107 Å². The highest BCUT2D eigenvalue weighted by Gasteiger charge is 2.26. The van der Waals surface area contributed by atoms with Gasteiger partial charge in [-0.3, -0.25) is 23.9 Å². The molecule has 362 valence electrons. The van der Waals surface area contributed by atoms with Crippen LogP contribution < -0.4 is 5.56 Å². The quantitative estimate of drug-likeness (QED) is 0.0721. The van der Waals surface area contributed by atoms with Crippen molar-refractivity contribution in [1.29, 1.82) is 0 Å². The van der Waals surface area contributed by atoms with Crippen LogP contribution in [0.4, 0.5) is 0 Å². The molecule has 0 aliphatic carbocycles. The lowest BCUT2D eigenvalue weighted by Gasteiger charge is -2.18. The van der Waals surface area contributed by atoms with Gasteiger partial charge in [0.2, 0.25) is 5.78 Å². The van der Waals surface area contributed by atoms with Gasteiger partial charge in [-0.15, -0.1) is 0 Å². The van der Waals surface area contributed by atoms with Gasteiger partial charge in [-0.05, 0) is 144 Å². The number of ketones is 2. The first-order chi connectivity index (χ1) is 31.7. The van der Waals surface area contributed by atoms with Crippen molar-refractivity contribution < 1.29 is 14.4 Å². The first kappa shape index (κ1) is 55.6. The number of aromatic nitrogens is 4. The Morgan fingerprint density at radius 2 is 0.940 bits per heavy atom. The summed E-state index contributed by atoms with van der Waals surface area (Å²) in [7, 11) is 5.26. The van der Waals surface area contributed by atoms with Crippen molar-refractivity contribution in [3.05, 3.63) is 148 Å². The normalized spacial score (nSPS) is 11.2. The molecule has 2 aromatic heterocycles. The van der Waals surface area contributed by atoms with Crippen molar-refractivity contribution in [2.75, 3.05) is 7.05 Å². The number of rotatable bonds is 16. The molecule has 2 heterocycles. The van der Waals surface area contributed by atoms with E-state index in [0.29, 0.717) is 5.56 Å². The van der Waals surface area contributed by atoms with Crippen LogP contribution in [0.2, 0.25) is 0 Å². The summed E-state index contributed by atoms with van der Waals surface area (Å²) in [5.41, 5.74) is 19.7. The molecule has 5 aromatic rings. The highest BCUT2D eigenvalue weighted by atomic mass is 16.2. The summed E-state index contributed by atoms with van der Waals surface area (Å²) < 4.78 is 3.22. The van der Waals surface area contributed by atoms with Crippen LogP contribution in [0.15, 0.2) is 53.0 Å². The van der Waals surface area contributed by atoms with E-state index in [1.54, 1.807) is 25.0 Å². The number of benzene rings is 3. The van der Waals surface area contributed by atoms with E-state index < -0.39 is 11.7 Å². The van der Waals surface area contributed by atoms with E-state index in [1.165, 1.54) is 31.8 Å². The lowest BCUT2D eigenvalue weighted by Crippen LogP contribution is -2.31. The van der Waals surface area contributed by atoms with Gasteiger partial charge >= 0.3 is 0 Å². The average Bonchev–Trinajstić information content (AvgIpc) is 3.60. The number of carbonyl (C=O) groups is 3. The molecule has 9 heteroatoms. The minimum Gasteiger partial charge on any atom is -0.315 e. The molecule has 0 N–H and O–H groups in total. The zero-order chi connectivity index (χ0) is 50.4.